The van der Waals surface area contributed by atoms with E-state index in [-0.39, 0.29) is 0 Å². The molecule has 0 amide bonds. The predicted octanol–water partition coefficient (Wildman–Crippen LogP) is 2.80. The Morgan fingerprint density at radius 2 is 1.88 bits per heavy atom. The average molecular weight is 243 g/mol. The fraction of sp³-hybridized carbons (Fsp3) is 0.923. The number of unbranched alkanes of at least 4 members (excludes halogenated alkanes) is 2. The number of rotatable bonds is 10. The predicted molar refractivity (Wildman–Crippen MR) is 73.5 cm³/mol. The molecule has 0 fully saturated rings. The SMILES string of the molecule is CCCCN(CCCC/C(N)=N/O)C(C)CC. The lowest BCUT2D eigenvalue weighted by molar-refractivity contribution is 0.197. The van der Waals surface area contributed by atoms with Crippen molar-refractivity contribution >= 4 is 5.84 Å². The number of nitrogens with zero attached hydrogens (tertiary/aromatic N) is 2. The highest BCUT2D eigenvalue weighted by atomic mass is 16.4. The third kappa shape index (κ3) is 8.02. The molecule has 0 radical (unpaired) electrons. The van der Waals surface area contributed by atoms with E-state index in [9.17, 15) is 0 Å². The molecule has 4 nitrogen and oxygen atoms in total. The molecule has 3 N–H and O–H groups in total. The van der Waals surface area contributed by atoms with E-state index in [0.29, 0.717) is 18.3 Å². The van der Waals surface area contributed by atoms with Gasteiger partial charge in [-0.3, -0.25) is 0 Å². The highest BCUT2D eigenvalue weighted by Gasteiger charge is 2.10. The monoisotopic (exact) mass is 243 g/mol. The van der Waals surface area contributed by atoms with Crippen molar-refractivity contribution < 1.29 is 5.21 Å². The minimum Gasteiger partial charge on any atom is -0.409 e. The van der Waals surface area contributed by atoms with Gasteiger partial charge < -0.3 is 15.8 Å². The van der Waals surface area contributed by atoms with E-state index in [1.807, 2.05) is 0 Å². The maximum Gasteiger partial charge on any atom is 0.139 e. The molecule has 0 bridgehead atoms. The lowest BCUT2D eigenvalue weighted by Crippen LogP contribution is -2.34. The third-order valence-electron chi connectivity index (χ3n) is 3.27. The second-order valence-corrected chi connectivity index (χ2v) is 4.70. The molecule has 0 saturated carbocycles. The van der Waals surface area contributed by atoms with Crippen LogP contribution in [0.2, 0.25) is 0 Å². The molecule has 0 aliphatic heterocycles. The summed E-state index contributed by atoms with van der Waals surface area (Å²) < 4.78 is 0. The van der Waals surface area contributed by atoms with Crippen LogP contribution in [0.1, 0.15) is 59.3 Å². The summed E-state index contributed by atoms with van der Waals surface area (Å²) in [6, 6.07) is 0.658. The van der Waals surface area contributed by atoms with Gasteiger partial charge in [0.1, 0.15) is 5.84 Å². The zero-order chi connectivity index (χ0) is 13.1. The lowest BCUT2D eigenvalue weighted by atomic mass is 10.1. The van der Waals surface area contributed by atoms with Crippen LogP contribution in [0.15, 0.2) is 5.16 Å². The van der Waals surface area contributed by atoms with E-state index in [0.717, 1.165) is 19.4 Å². The molecular weight excluding hydrogens is 214 g/mol. The summed E-state index contributed by atoms with van der Waals surface area (Å²) in [6.07, 6.45) is 6.52. The van der Waals surface area contributed by atoms with Crippen molar-refractivity contribution in [2.75, 3.05) is 13.1 Å². The van der Waals surface area contributed by atoms with Gasteiger partial charge >= 0.3 is 0 Å². The third-order valence-corrected chi connectivity index (χ3v) is 3.27. The van der Waals surface area contributed by atoms with E-state index in [1.165, 1.54) is 25.8 Å². The zero-order valence-corrected chi connectivity index (χ0v) is 11.7. The summed E-state index contributed by atoms with van der Waals surface area (Å²) in [6.45, 7) is 9.06. The molecule has 0 aromatic rings. The summed E-state index contributed by atoms with van der Waals surface area (Å²) in [4.78, 5) is 2.55. The Labute approximate surface area is 106 Å². The first-order chi connectivity index (χ1) is 8.15. The molecule has 0 saturated heterocycles. The van der Waals surface area contributed by atoms with Gasteiger partial charge in [-0.1, -0.05) is 25.4 Å². The number of amidine groups is 1. The molecule has 0 aliphatic rings. The first kappa shape index (κ1) is 16.2. The molecule has 1 unspecified atom stereocenters. The van der Waals surface area contributed by atoms with E-state index >= 15 is 0 Å². The van der Waals surface area contributed by atoms with Crippen LogP contribution in [-0.2, 0) is 0 Å². The highest BCUT2D eigenvalue weighted by Crippen LogP contribution is 2.08. The summed E-state index contributed by atoms with van der Waals surface area (Å²) in [7, 11) is 0. The Hall–Kier alpha value is -0.770. The largest absolute Gasteiger partial charge is 0.409 e. The first-order valence-corrected chi connectivity index (χ1v) is 6.86. The number of nitrogens with two attached hydrogens (primary N) is 1. The first-order valence-electron chi connectivity index (χ1n) is 6.86. The normalized spacial score (nSPS) is 14.2. The lowest BCUT2D eigenvalue weighted by Gasteiger charge is -2.28. The zero-order valence-electron chi connectivity index (χ0n) is 11.7. The summed E-state index contributed by atoms with van der Waals surface area (Å²) in [5.41, 5.74) is 5.44. The van der Waals surface area contributed by atoms with E-state index in [4.69, 9.17) is 10.9 Å². The molecule has 0 aromatic carbocycles. The van der Waals surface area contributed by atoms with Gasteiger partial charge in [0, 0.05) is 12.5 Å². The Morgan fingerprint density at radius 1 is 1.24 bits per heavy atom. The Balaban J connectivity index is 3.82. The minimum atomic E-state index is 0.341. The number of hydrogen-bond acceptors (Lipinski definition) is 3. The van der Waals surface area contributed by atoms with Crippen LogP contribution in [0.25, 0.3) is 0 Å². The second-order valence-electron chi connectivity index (χ2n) is 4.70. The minimum absolute atomic E-state index is 0.341. The van der Waals surface area contributed by atoms with Crippen LogP contribution >= 0.6 is 0 Å². The van der Waals surface area contributed by atoms with Gasteiger partial charge in [-0.05, 0) is 45.7 Å². The van der Waals surface area contributed by atoms with E-state index in [2.05, 4.69) is 30.8 Å². The molecule has 0 heterocycles. The number of hydrogen-bond donors (Lipinski definition) is 2. The van der Waals surface area contributed by atoms with Crippen molar-refractivity contribution in [1.29, 1.82) is 0 Å². The maximum absolute atomic E-state index is 8.44. The summed E-state index contributed by atoms with van der Waals surface area (Å²) in [5, 5.41) is 11.4. The van der Waals surface area contributed by atoms with Gasteiger partial charge in [-0.15, -0.1) is 0 Å². The van der Waals surface area contributed by atoms with Gasteiger partial charge in [-0.2, -0.15) is 0 Å². The van der Waals surface area contributed by atoms with Crippen LogP contribution in [0.5, 0.6) is 0 Å². The van der Waals surface area contributed by atoms with Crippen LogP contribution in [0.3, 0.4) is 0 Å². The van der Waals surface area contributed by atoms with Crippen LogP contribution in [0.4, 0.5) is 0 Å². The van der Waals surface area contributed by atoms with Crippen LogP contribution in [0, 0.1) is 0 Å². The molecule has 17 heavy (non-hydrogen) atoms. The van der Waals surface area contributed by atoms with Crippen molar-refractivity contribution in [2.24, 2.45) is 10.9 Å². The van der Waals surface area contributed by atoms with Gasteiger partial charge in [0.15, 0.2) is 0 Å². The van der Waals surface area contributed by atoms with E-state index in [1.54, 1.807) is 0 Å². The van der Waals surface area contributed by atoms with Gasteiger partial charge in [0.2, 0.25) is 0 Å². The maximum atomic E-state index is 8.44. The fourth-order valence-corrected chi connectivity index (χ4v) is 1.84. The van der Waals surface area contributed by atoms with Crippen molar-refractivity contribution in [2.45, 2.75) is 65.3 Å². The second kappa shape index (κ2) is 10.4. The topological polar surface area (TPSA) is 61.8 Å². The summed E-state index contributed by atoms with van der Waals surface area (Å²) >= 11 is 0. The molecule has 4 heteroatoms. The average Bonchev–Trinajstić information content (AvgIpc) is 2.36. The van der Waals surface area contributed by atoms with Gasteiger partial charge in [-0.25, -0.2) is 0 Å². The van der Waals surface area contributed by atoms with Crippen molar-refractivity contribution in [3.05, 3.63) is 0 Å². The molecule has 102 valence electrons. The van der Waals surface area contributed by atoms with Crippen molar-refractivity contribution in [1.82, 2.24) is 4.90 Å². The molecular formula is C13H29N3O. The van der Waals surface area contributed by atoms with Crippen molar-refractivity contribution in [3.63, 3.8) is 0 Å². The Kier molecular flexibility index (Phi) is 9.92. The Bertz CT molecular complexity index is 207. The highest BCUT2D eigenvalue weighted by molar-refractivity contribution is 5.79. The molecule has 0 spiro atoms. The molecule has 0 rings (SSSR count). The Morgan fingerprint density at radius 3 is 2.41 bits per heavy atom. The van der Waals surface area contributed by atoms with Crippen LogP contribution < -0.4 is 5.73 Å². The molecule has 1 atom stereocenters. The molecule has 0 aliphatic carbocycles. The van der Waals surface area contributed by atoms with E-state index < -0.39 is 0 Å². The standard InChI is InChI=1S/C13H29N3O/c1-4-6-10-16(12(3)5-2)11-8-7-9-13(14)15-17/h12,17H,4-11H2,1-3H3,(H2,14,15). The van der Waals surface area contributed by atoms with Crippen molar-refractivity contribution in [3.8, 4) is 0 Å². The number of oxime groups is 1. The smallest absolute Gasteiger partial charge is 0.139 e. The van der Waals surface area contributed by atoms with Crippen LogP contribution in [-0.4, -0.2) is 35.1 Å². The fourth-order valence-electron chi connectivity index (χ4n) is 1.84. The van der Waals surface area contributed by atoms with Gasteiger partial charge in [0.25, 0.3) is 0 Å². The molecule has 0 aromatic heterocycles. The summed E-state index contributed by atoms with van der Waals surface area (Å²) in [5.74, 6) is 0.341. The quantitative estimate of drug-likeness (QED) is 0.204. The van der Waals surface area contributed by atoms with Gasteiger partial charge in [0.05, 0.1) is 0 Å².